The van der Waals surface area contributed by atoms with Crippen LogP contribution in [0.3, 0.4) is 0 Å². The third-order valence-corrected chi connectivity index (χ3v) is 1.80. The van der Waals surface area contributed by atoms with Gasteiger partial charge in [0, 0.05) is 31.4 Å². The number of fused-ring (bicyclic) bond motifs is 1. The van der Waals surface area contributed by atoms with Gasteiger partial charge in [0.2, 0.25) is 0 Å². The van der Waals surface area contributed by atoms with E-state index in [1.807, 2.05) is 12.3 Å². The summed E-state index contributed by atoms with van der Waals surface area (Å²) in [7, 11) is 0. The number of hydrogen-bond acceptors (Lipinski definition) is 3. The normalized spacial score (nSPS) is 16.4. The molecule has 0 bridgehead atoms. The van der Waals surface area contributed by atoms with Crippen LogP contribution in [0, 0.1) is 0 Å². The van der Waals surface area contributed by atoms with Crippen molar-refractivity contribution >= 4 is 5.82 Å². The van der Waals surface area contributed by atoms with Crippen LogP contribution in [0.5, 0.6) is 0 Å². The maximum atomic E-state index is 4.23. The zero-order chi connectivity index (χ0) is 7.52. The topological polar surface area (TPSA) is 37.0 Å². The highest BCUT2D eigenvalue weighted by Gasteiger charge is 2.04. The molecule has 0 saturated heterocycles. The zero-order valence-electron chi connectivity index (χ0n) is 6.30. The third kappa shape index (κ3) is 1.33. The minimum absolute atomic E-state index is 0.927. The first-order valence-electron chi connectivity index (χ1n) is 3.85. The summed E-state index contributed by atoms with van der Waals surface area (Å²) in [6, 6.07) is 4.06. The highest BCUT2D eigenvalue weighted by molar-refractivity contribution is 5.44. The van der Waals surface area contributed by atoms with Crippen LogP contribution in [-0.2, 0) is 6.54 Å². The van der Waals surface area contributed by atoms with Crippen LogP contribution in [0.25, 0.3) is 0 Å². The van der Waals surface area contributed by atoms with Crippen molar-refractivity contribution < 1.29 is 0 Å². The number of rotatable bonds is 0. The summed E-state index contributed by atoms with van der Waals surface area (Å²) in [5.74, 6) is 1.03. The fourth-order valence-corrected chi connectivity index (χ4v) is 1.23. The third-order valence-electron chi connectivity index (χ3n) is 1.80. The van der Waals surface area contributed by atoms with E-state index >= 15 is 0 Å². The molecule has 58 valence electrons. The number of anilines is 1. The van der Waals surface area contributed by atoms with Crippen LogP contribution < -0.4 is 10.6 Å². The van der Waals surface area contributed by atoms with Gasteiger partial charge >= 0.3 is 0 Å². The van der Waals surface area contributed by atoms with E-state index < -0.39 is 0 Å². The minimum Gasteiger partial charge on any atom is -0.369 e. The lowest BCUT2D eigenvalue weighted by Crippen LogP contribution is -2.16. The largest absolute Gasteiger partial charge is 0.369 e. The number of hydrogen-bond donors (Lipinski definition) is 2. The number of nitrogens with zero attached hydrogens (tertiary/aromatic N) is 1. The van der Waals surface area contributed by atoms with E-state index in [1.165, 1.54) is 5.56 Å². The van der Waals surface area contributed by atoms with Crippen LogP contribution in [-0.4, -0.2) is 18.1 Å². The van der Waals surface area contributed by atoms with Gasteiger partial charge in [0.25, 0.3) is 0 Å². The zero-order valence-corrected chi connectivity index (χ0v) is 6.30. The molecule has 1 aliphatic rings. The van der Waals surface area contributed by atoms with Gasteiger partial charge in [0.1, 0.15) is 5.82 Å². The molecule has 0 amide bonds. The van der Waals surface area contributed by atoms with Crippen LogP contribution in [0.1, 0.15) is 5.56 Å². The summed E-state index contributed by atoms with van der Waals surface area (Å²) in [5.41, 5.74) is 1.25. The van der Waals surface area contributed by atoms with E-state index in [2.05, 4.69) is 21.7 Å². The molecular formula is C8H11N3. The molecule has 2 N–H and O–H groups in total. The molecule has 3 nitrogen and oxygen atoms in total. The molecule has 11 heavy (non-hydrogen) atoms. The molecule has 0 atom stereocenters. The predicted molar refractivity (Wildman–Crippen MR) is 44.4 cm³/mol. The standard InChI is InChI=1S/C8H11N3/c1-2-7-6-9-4-5-11-8(7)10-3-1/h1-3,9H,4-6H2,(H,10,11). The molecule has 0 radical (unpaired) electrons. The van der Waals surface area contributed by atoms with E-state index in [1.54, 1.807) is 0 Å². The summed E-state index contributed by atoms with van der Waals surface area (Å²) in [4.78, 5) is 4.23. The Balaban J connectivity index is 2.33. The van der Waals surface area contributed by atoms with E-state index in [0.29, 0.717) is 0 Å². The Kier molecular flexibility index (Phi) is 1.73. The first kappa shape index (κ1) is 6.61. The molecule has 2 heterocycles. The van der Waals surface area contributed by atoms with Crippen molar-refractivity contribution in [2.24, 2.45) is 0 Å². The average molecular weight is 149 g/mol. The number of nitrogens with one attached hydrogen (secondary N) is 2. The quantitative estimate of drug-likeness (QED) is 0.567. The van der Waals surface area contributed by atoms with Crippen LogP contribution >= 0.6 is 0 Å². The minimum atomic E-state index is 0.927. The Labute approximate surface area is 65.8 Å². The molecule has 0 spiro atoms. The molecule has 0 fully saturated rings. The van der Waals surface area contributed by atoms with Crippen LogP contribution in [0.2, 0.25) is 0 Å². The smallest absolute Gasteiger partial charge is 0.130 e. The Morgan fingerprint density at radius 3 is 3.36 bits per heavy atom. The van der Waals surface area contributed by atoms with Crippen molar-refractivity contribution in [1.82, 2.24) is 10.3 Å². The van der Waals surface area contributed by atoms with Crippen LogP contribution in [0.15, 0.2) is 18.3 Å². The lowest BCUT2D eigenvalue weighted by molar-refractivity contribution is 0.725. The molecule has 1 aromatic rings. The highest BCUT2D eigenvalue weighted by atomic mass is 15.0. The summed E-state index contributed by atoms with van der Waals surface area (Å²) in [6.07, 6.45) is 1.82. The first-order chi connectivity index (χ1) is 5.47. The average Bonchev–Trinajstić information content (AvgIpc) is 2.28. The van der Waals surface area contributed by atoms with Gasteiger partial charge in [-0.15, -0.1) is 0 Å². The summed E-state index contributed by atoms with van der Waals surface area (Å²) in [5, 5.41) is 6.55. The second-order valence-electron chi connectivity index (χ2n) is 2.61. The van der Waals surface area contributed by atoms with E-state index in [9.17, 15) is 0 Å². The highest BCUT2D eigenvalue weighted by Crippen LogP contribution is 2.11. The Morgan fingerprint density at radius 2 is 2.36 bits per heavy atom. The van der Waals surface area contributed by atoms with Crippen molar-refractivity contribution in [3.8, 4) is 0 Å². The van der Waals surface area contributed by atoms with Crippen molar-refractivity contribution in [1.29, 1.82) is 0 Å². The molecule has 0 aliphatic carbocycles. The first-order valence-corrected chi connectivity index (χ1v) is 3.85. The van der Waals surface area contributed by atoms with Gasteiger partial charge in [0.15, 0.2) is 0 Å². The van der Waals surface area contributed by atoms with E-state index in [4.69, 9.17) is 0 Å². The van der Waals surface area contributed by atoms with Gasteiger partial charge in [-0.3, -0.25) is 0 Å². The summed E-state index contributed by atoms with van der Waals surface area (Å²) >= 11 is 0. The van der Waals surface area contributed by atoms with Gasteiger partial charge in [-0.2, -0.15) is 0 Å². The molecule has 0 aromatic carbocycles. The van der Waals surface area contributed by atoms with Gasteiger partial charge in [0.05, 0.1) is 0 Å². The predicted octanol–water partition coefficient (Wildman–Crippen LogP) is 0.597. The second kappa shape index (κ2) is 2.88. The fraction of sp³-hybridized carbons (Fsp3) is 0.375. The van der Waals surface area contributed by atoms with Gasteiger partial charge in [-0.1, -0.05) is 6.07 Å². The lowest BCUT2D eigenvalue weighted by Gasteiger charge is -2.02. The molecule has 1 aliphatic heterocycles. The van der Waals surface area contributed by atoms with Crippen molar-refractivity contribution in [2.45, 2.75) is 6.54 Å². The Morgan fingerprint density at radius 1 is 1.36 bits per heavy atom. The van der Waals surface area contributed by atoms with Crippen molar-refractivity contribution in [2.75, 3.05) is 18.4 Å². The molecule has 1 aromatic heterocycles. The SMILES string of the molecule is c1cnc2c(c1)CNCCN2. The number of aromatic nitrogens is 1. The number of pyridine rings is 1. The summed E-state index contributed by atoms with van der Waals surface area (Å²) in [6.45, 7) is 2.90. The fourth-order valence-electron chi connectivity index (χ4n) is 1.23. The van der Waals surface area contributed by atoms with Crippen LogP contribution in [0.4, 0.5) is 5.82 Å². The van der Waals surface area contributed by atoms with E-state index in [0.717, 1.165) is 25.5 Å². The molecule has 0 saturated carbocycles. The summed E-state index contributed by atoms with van der Waals surface area (Å²) < 4.78 is 0. The Hall–Kier alpha value is -1.09. The van der Waals surface area contributed by atoms with Gasteiger partial charge in [-0.25, -0.2) is 4.98 Å². The van der Waals surface area contributed by atoms with Crippen molar-refractivity contribution in [3.63, 3.8) is 0 Å². The van der Waals surface area contributed by atoms with Crippen molar-refractivity contribution in [3.05, 3.63) is 23.9 Å². The molecule has 0 unspecified atom stereocenters. The monoisotopic (exact) mass is 149 g/mol. The molecule has 2 rings (SSSR count). The Bertz CT molecular complexity index is 222. The van der Waals surface area contributed by atoms with Gasteiger partial charge < -0.3 is 10.6 Å². The lowest BCUT2D eigenvalue weighted by atomic mass is 10.2. The maximum Gasteiger partial charge on any atom is 0.130 e. The van der Waals surface area contributed by atoms with Gasteiger partial charge in [-0.05, 0) is 6.07 Å². The molecular weight excluding hydrogens is 138 g/mol. The maximum absolute atomic E-state index is 4.23. The second-order valence-corrected chi connectivity index (χ2v) is 2.61. The molecule has 3 heteroatoms. The van der Waals surface area contributed by atoms with E-state index in [-0.39, 0.29) is 0 Å².